The maximum atomic E-state index is 9.76. The third-order valence-corrected chi connectivity index (χ3v) is 7.63. The molecule has 0 radical (unpaired) electrons. The number of aromatic nitrogens is 6. The minimum Gasteiger partial charge on any atom is -0.393 e. The van der Waals surface area contributed by atoms with E-state index in [1.54, 1.807) is 0 Å². The lowest BCUT2D eigenvalue weighted by Gasteiger charge is -2.32. The fourth-order valence-corrected chi connectivity index (χ4v) is 5.64. The molecular formula is C26H35N9O2. The number of fused-ring (bicyclic) bond motifs is 2. The van der Waals surface area contributed by atoms with Gasteiger partial charge in [0.2, 0.25) is 11.9 Å². The number of aliphatic hydroxyl groups excluding tert-OH is 1. The number of likely N-dealkylation sites (tertiary alicyclic amines) is 1. The van der Waals surface area contributed by atoms with Crippen molar-refractivity contribution in [1.29, 1.82) is 0 Å². The Bertz CT molecular complexity index is 1400. The average molecular weight is 506 g/mol. The minimum absolute atomic E-state index is 0.232. The zero-order valence-corrected chi connectivity index (χ0v) is 21.5. The number of ether oxygens (including phenoxy) is 1. The molecule has 1 atom stereocenters. The number of hydrogen-bond acceptors (Lipinski definition) is 9. The largest absolute Gasteiger partial charge is 0.393 e. The van der Waals surface area contributed by atoms with Gasteiger partial charge in [0.05, 0.1) is 36.9 Å². The van der Waals surface area contributed by atoms with Gasteiger partial charge in [-0.15, -0.1) is 0 Å². The Morgan fingerprint density at radius 1 is 1.05 bits per heavy atom. The molecule has 4 aromatic rings. The summed E-state index contributed by atoms with van der Waals surface area (Å²) in [5.41, 5.74) is 9.62. The summed E-state index contributed by atoms with van der Waals surface area (Å²) in [6.07, 6.45) is 2.85. The number of rotatable bonds is 6. The molecule has 0 amide bonds. The van der Waals surface area contributed by atoms with E-state index in [-0.39, 0.29) is 6.10 Å². The number of para-hydroxylation sites is 2. The molecular weight excluding hydrogens is 470 g/mol. The van der Waals surface area contributed by atoms with Gasteiger partial charge < -0.3 is 25.0 Å². The van der Waals surface area contributed by atoms with E-state index in [0.717, 1.165) is 85.8 Å². The molecule has 1 aromatic carbocycles. The number of aryl methyl sites for hydroxylation is 1. The van der Waals surface area contributed by atoms with Gasteiger partial charge in [-0.1, -0.05) is 12.1 Å². The molecule has 1 unspecified atom stereocenters. The molecule has 11 heteroatoms. The maximum absolute atomic E-state index is 9.76. The van der Waals surface area contributed by atoms with Crippen LogP contribution < -0.4 is 10.6 Å². The van der Waals surface area contributed by atoms with Crippen LogP contribution in [0.5, 0.6) is 0 Å². The van der Waals surface area contributed by atoms with Gasteiger partial charge in [-0.2, -0.15) is 9.97 Å². The van der Waals surface area contributed by atoms with Gasteiger partial charge in [0.1, 0.15) is 5.82 Å². The van der Waals surface area contributed by atoms with Gasteiger partial charge >= 0.3 is 0 Å². The number of anilines is 2. The van der Waals surface area contributed by atoms with Crippen molar-refractivity contribution in [2.75, 3.05) is 50.0 Å². The Morgan fingerprint density at radius 2 is 1.81 bits per heavy atom. The Morgan fingerprint density at radius 3 is 2.57 bits per heavy atom. The Labute approximate surface area is 215 Å². The summed E-state index contributed by atoms with van der Waals surface area (Å²) in [7, 11) is 2.03. The lowest BCUT2D eigenvalue weighted by molar-refractivity contribution is 0.114. The number of benzene rings is 1. The number of imidazole rings is 2. The highest BCUT2D eigenvalue weighted by Crippen LogP contribution is 2.30. The van der Waals surface area contributed by atoms with Crippen molar-refractivity contribution in [1.82, 2.24) is 34.0 Å². The Balaban J connectivity index is 1.38. The normalized spacial score (nSPS) is 18.7. The van der Waals surface area contributed by atoms with Crippen LogP contribution >= 0.6 is 0 Å². The summed E-state index contributed by atoms with van der Waals surface area (Å²) in [6, 6.07) is 7.84. The van der Waals surface area contributed by atoms with E-state index in [0.29, 0.717) is 31.0 Å². The van der Waals surface area contributed by atoms with Crippen LogP contribution in [0.4, 0.5) is 11.8 Å². The molecule has 0 spiro atoms. The number of nitrogens with zero attached hydrogens (tertiary/aromatic N) is 8. The average Bonchev–Trinajstić information content (AvgIpc) is 3.40. The molecule has 0 saturated carbocycles. The first-order valence-electron chi connectivity index (χ1n) is 13.2. The molecule has 11 nitrogen and oxygen atoms in total. The fourth-order valence-electron chi connectivity index (χ4n) is 5.64. The van der Waals surface area contributed by atoms with Crippen molar-refractivity contribution in [3.05, 3.63) is 30.1 Å². The first kappa shape index (κ1) is 24.1. The second kappa shape index (κ2) is 9.88. The number of nitrogen functional groups attached to an aromatic ring is 1. The number of aliphatic hydroxyl groups is 1. The van der Waals surface area contributed by atoms with E-state index in [1.165, 1.54) is 0 Å². The van der Waals surface area contributed by atoms with Crippen molar-refractivity contribution in [2.24, 2.45) is 13.0 Å². The fraction of sp³-hybridized carbons (Fsp3) is 0.538. The molecule has 6 rings (SSSR count). The number of morpholine rings is 1. The zero-order chi connectivity index (χ0) is 25.5. The van der Waals surface area contributed by atoms with Crippen LogP contribution in [0.2, 0.25) is 0 Å². The van der Waals surface area contributed by atoms with E-state index in [1.807, 2.05) is 42.8 Å². The maximum Gasteiger partial charge on any atom is 0.241 e. The van der Waals surface area contributed by atoms with Gasteiger partial charge in [0, 0.05) is 20.1 Å². The van der Waals surface area contributed by atoms with Gasteiger partial charge in [0.25, 0.3) is 0 Å². The van der Waals surface area contributed by atoms with Crippen molar-refractivity contribution >= 4 is 34.0 Å². The molecule has 2 fully saturated rings. The highest BCUT2D eigenvalue weighted by atomic mass is 16.5. The molecule has 2 aliphatic rings. The van der Waals surface area contributed by atoms with Crippen LogP contribution in [0.1, 0.15) is 32.0 Å². The topological polar surface area (TPSA) is 123 Å². The lowest BCUT2D eigenvalue weighted by atomic mass is 9.91. The van der Waals surface area contributed by atoms with Crippen LogP contribution in [0.3, 0.4) is 0 Å². The third-order valence-electron chi connectivity index (χ3n) is 7.63. The predicted octanol–water partition coefficient (Wildman–Crippen LogP) is 2.10. The zero-order valence-electron chi connectivity index (χ0n) is 21.5. The summed E-state index contributed by atoms with van der Waals surface area (Å²) in [5.74, 6) is 3.21. The van der Waals surface area contributed by atoms with Crippen LogP contribution in [0, 0.1) is 5.92 Å². The second-order valence-corrected chi connectivity index (χ2v) is 10.3. The van der Waals surface area contributed by atoms with E-state index in [4.69, 9.17) is 25.4 Å². The Kier molecular flexibility index (Phi) is 6.43. The van der Waals surface area contributed by atoms with E-state index in [2.05, 4.69) is 19.4 Å². The minimum atomic E-state index is -0.232. The van der Waals surface area contributed by atoms with Gasteiger partial charge in [-0.3, -0.25) is 4.90 Å². The predicted molar refractivity (Wildman–Crippen MR) is 143 cm³/mol. The molecule has 196 valence electrons. The number of hydrogen-bond donors (Lipinski definition) is 2. The monoisotopic (exact) mass is 505 g/mol. The molecule has 0 aliphatic carbocycles. The van der Waals surface area contributed by atoms with Crippen molar-refractivity contribution in [3.63, 3.8) is 0 Å². The van der Waals surface area contributed by atoms with Gasteiger partial charge in [-0.25, -0.2) is 14.5 Å². The molecule has 3 aromatic heterocycles. The van der Waals surface area contributed by atoms with E-state index >= 15 is 0 Å². The van der Waals surface area contributed by atoms with E-state index < -0.39 is 0 Å². The summed E-state index contributed by atoms with van der Waals surface area (Å²) in [4.78, 5) is 24.2. The summed E-state index contributed by atoms with van der Waals surface area (Å²) in [6.45, 7) is 7.44. The molecule has 5 heterocycles. The summed E-state index contributed by atoms with van der Waals surface area (Å²) < 4.78 is 9.51. The van der Waals surface area contributed by atoms with Crippen molar-refractivity contribution < 1.29 is 9.84 Å². The first-order valence-corrected chi connectivity index (χ1v) is 13.2. The van der Waals surface area contributed by atoms with Crippen molar-refractivity contribution in [3.8, 4) is 5.95 Å². The third kappa shape index (κ3) is 4.62. The standard InChI is InChI=1S/C26H35N9O2/c1-17(36)15-18-7-9-33(10-8-18)16-21-29-22-23(32(21)2)30-26(31-24(22)34-11-13-37-14-12-34)35-20-6-4-3-5-19(20)28-25(35)27/h3-6,17-18,36H,7-16H2,1-2H3,(H2,27,28). The summed E-state index contributed by atoms with van der Waals surface area (Å²) in [5, 5.41) is 9.76. The molecule has 2 aliphatic heterocycles. The highest BCUT2D eigenvalue weighted by Gasteiger charge is 2.26. The van der Waals surface area contributed by atoms with Crippen LogP contribution in [-0.4, -0.2) is 84.6 Å². The highest BCUT2D eigenvalue weighted by molar-refractivity contribution is 5.86. The molecule has 2 saturated heterocycles. The van der Waals surface area contributed by atoms with Crippen LogP contribution in [0.15, 0.2) is 24.3 Å². The SMILES string of the molecule is CC(O)CC1CCN(Cc2nc3c(N4CCOCC4)nc(-n4c(N)nc5ccccc54)nc3n2C)CC1. The van der Waals surface area contributed by atoms with Gasteiger partial charge in [0.15, 0.2) is 17.0 Å². The molecule has 3 N–H and O–H groups in total. The lowest BCUT2D eigenvalue weighted by Crippen LogP contribution is -2.37. The smallest absolute Gasteiger partial charge is 0.241 e. The first-order chi connectivity index (χ1) is 18.0. The number of piperidine rings is 1. The van der Waals surface area contributed by atoms with Crippen LogP contribution in [-0.2, 0) is 18.3 Å². The van der Waals surface area contributed by atoms with Gasteiger partial charge in [-0.05, 0) is 57.3 Å². The Hall–Kier alpha value is -3.28. The van der Waals surface area contributed by atoms with Crippen molar-refractivity contribution in [2.45, 2.75) is 38.8 Å². The molecule has 0 bridgehead atoms. The van der Waals surface area contributed by atoms with E-state index in [9.17, 15) is 5.11 Å². The molecule has 37 heavy (non-hydrogen) atoms. The second-order valence-electron chi connectivity index (χ2n) is 10.3. The summed E-state index contributed by atoms with van der Waals surface area (Å²) >= 11 is 0. The number of nitrogens with two attached hydrogens (primary N) is 1. The van der Waals surface area contributed by atoms with Crippen LogP contribution in [0.25, 0.3) is 28.1 Å². The quantitative estimate of drug-likeness (QED) is 0.405.